The van der Waals surface area contributed by atoms with E-state index >= 15 is 0 Å². The minimum absolute atomic E-state index is 0.119. The Kier molecular flexibility index (Phi) is 4.73. The van der Waals surface area contributed by atoms with E-state index in [9.17, 15) is 14.6 Å². The van der Waals surface area contributed by atoms with E-state index in [4.69, 9.17) is 0 Å². The molecule has 3 rings (SSSR count). The van der Waals surface area contributed by atoms with Gasteiger partial charge in [0.15, 0.2) is 0 Å². The van der Waals surface area contributed by atoms with Gasteiger partial charge in [-0.3, -0.25) is 0 Å². The van der Waals surface area contributed by atoms with Crippen molar-refractivity contribution >= 4 is 0 Å². The van der Waals surface area contributed by atoms with Crippen molar-refractivity contribution in [3.8, 4) is 11.5 Å². The molecule has 0 fully saturated rings. The van der Waals surface area contributed by atoms with E-state index in [1.165, 1.54) is 12.1 Å². The molecule has 0 saturated heterocycles. The van der Waals surface area contributed by atoms with Gasteiger partial charge in [-0.15, -0.1) is 0 Å². The number of phenols is 2. The average molecular weight is 350 g/mol. The third kappa shape index (κ3) is 3.30. The zero-order valence-corrected chi connectivity index (χ0v) is 15.5. The molecule has 0 aliphatic heterocycles. The molecule has 0 aliphatic rings. The van der Waals surface area contributed by atoms with Gasteiger partial charge in [-0.1, -0.05) is 36.4 Å². The molecule has 2 N–H and O–H groups in total. The van der Waals surface area contributed by atoms with Crippen LogP contribution in [0.25, 0.3) is 0 Å². The first kappa shape index (κ1) is 18.0. The van der Waals surface area contributed by atoms with Gasteiger partial charge in [0.1, 0.15) is 17.3 Å². The van der Waals surface area contributed by atoms with Crippen LogP contribution in [0.5, 0.6) is 11.5 Å². The molecule has 3 aromatic rings. The summed E-state index contributed by atoms with van der Waals surface area (Å²) in [5.41, 5.74) is 6.22. The lowest BCUT2D eigenvalue weighted by atomic mass is 9.82. The van der Waals surface area contributed by atoms with Crippen LogP contribution in [0.4, 0.5) is 4.39 Å². The molecule has 0 bridgehead atoms. The average Bonchev–Trinajstić information content (AvgIpc) is 2.59. The Labute approximate surface area is 153 Å². The minimum atomic E-state index is -0.274. The first-order valence-electron chi connectivity index (χ1n) is 8.63. The van der Waals surface area contributed by atoms with Crippen molar-refractivity contribution in [2.45, 2.75) is 33.6 Å². The maximum atomic E-state index is 13.5. The third-order valence-corrected chi connectivity index (χ3v) is 4.90. The summed E-state index contributed by atoms with van der Waals surface area (Å²) < 4.78 is 13.5. The van der Waals surface area contributed by atoms with E-state index in [-0.39, 0.29) is 11.7 Å². The van der Waals surface area contributed by atoms with Crippen LogP contribution in [-0.4, -0.2) is 10.2 Å². The largest absolute Gasteiger partial charge is 0.507 e. The van der Waals surface area contributed by atoms with Crippen molar-refractivity contribution in [1.82, 2.24) is 0 Å². The van der Waals surface area contributed by atoms with Crippen LogP contribution >= 0.6 is 0 Å². The van der Waals surface area contributed by atoms with Gasteiger partial charge in [0.05, 0.1) is 0 Å². The lowest BCUT2D eigenvalue weighted by molar-refractivity contribution is 0.466. The summed E-state index contributed by atoms with van der Waals surface area (Å²) in [4.78, 5) is 0. The van der Waals surface area contributed by atoms with Gasteiger partial charge in [-0.05, 0) is 78.8 Å². The Morgan fingerprint density at radius 3 is 1.31 bits per heavy atom. The van der Waals surface area contributed by atoms with Crippen molar-refractivity contribution in [2.75, 3.05) is 0 Å². The van der Waals surface area contributed by atoms with Crippen LogP contribution in [0.3, 0.4) is 0 Å². The molecule has 0 saturated carbocycles. The van der Waals surface area contributed by atoms with Gasteiger partial charge in [0.25, 0.3) is 0 Å². The van der Waals surface area contributed by atoms with Gasteiger partial charge >= 0.3 is 0 Å². The Balaban J connectivity index is 2.25. The molecular formula is C23H23FO2. The molecule has 3 heteroatoms. The van der Waals surface area contributed by atoms with Gasteiger partial charge in [0, 0.05) is 5.92 Å². The predicted molar refractivity (Wildman–Crippen MR) is 103 cm³/mol. The first-order valence-corrected chi connectivity index (χ1v) is 8.63. The first-order chi connectivity index (χ1) is 12.3. The molecule has 0 amide bonds. The molecule has 0 unspecified atom stereocenters. The van der Waals surface area contributed by atoms with Crippen LogP contribution in [0.1, 0.15) is 44.9 Å². The van der Waals surface area contributed by atoms with Crippen molar-refractivity contribution in [1.29, 1.82) is 0 Å². The van der Waals surface area contributed by atoms with Gasteiger partial charge in [0.2, 0.25) is 0 Å². The number of hydrogen-bond donors (Lipinski definition) is 2. The maximum Gasteiger partial charge on any atom is 0.123 e. The van der Waals surface area contributed by atoms with E-state index in [2.05, 4.69) is 0 Å². The Hall–Kier alpha value is -2.81. The van der Waals surface area contributed by atoms with Gasteiger partial charge < -0.3 is 10.2 Å². The van der Waals surface area contributed by atoms with Crippen molar-refractivity contribution < 1.29 is 14.6 Å². The number of aromatic hydroxyl groups is 2. The predicted octanol–water partition coefficient (Wildman–Crippen LogP) is 5.65. The fourth-order valence-electron chi connectivity index (χ4n) is 3.54. The molecule has 0 radical (unpaired) electrons. The van der Waals surface area contributed by atoms with E-state index in [1.54, 1.807) is 12.1 Å². The number of phenolic OH excluding ortho intramolecular Hbond substituents is 2. The van der Waals surface area contributed by atoms with E-state index < -0.39 is 0 Å². The second kappa shape index (κ2) is 6.83. The van der Waals surface area contributed by atoms with Crippen molar-refractivity contribution in [3.05, 3.63) is 93.3 Å². The third-order valence-electron chi connectivity index (χ3n) is 4.90. The van der Waals surface area contributed by atoms with Crippen LogP contribution in [0.2, 0.25) is 0 Å². The highest BCUT2D eigenvalue weighted by atomic mass is 19.1. The van der Waals surface area contributed by atoms with E-state index in [0.29, 0.717) is 11.5 Å². The van der Waals surface area contributed by atoms with Crippen LogP contribution in [0.15, 0.2) is 48.5 Å². The molecule has 0 atom stereocenters. The number of rotatable bonds is 3. The second-order valence-corrected chi connectivity index (χ2v) is 6.99. The highest BCUT2D eigenvalue weighted by molar-refractivity contribution is 5.53. The quantitative estimate of drug-likeness (QED) is 0.599. The van der Waals surface area contributed by atoms with E-state index in [0.717, 1.165) is 38.9 Å². The van der Waals surface area contributed by atoms with Gasteiger partial charge in [-0.25, -0.2) is 4.39 Å². The fourth-order valence-corrected chi connectivity index (χ4v) is 3.54. The number of hydrogen-bond acceptors (Lipinski definition) is 2. The van der Waals surface area contributed by atoms with Crippen LogP contribution in [0, 0.1) is 33.5 Å². The summed E-state index contributed by atoms with van der Waals surface area (Å²) in [5, 5.41) is 20.3. The Bertz CT molecular complexity index is 855. The molecule has 0 aliphatic carbocycles. The summed E-state index contributed by atoms with van der Waals surface area (Å²) in [6.07, 6.45) is 0. The zero-order chi connectivity index (χ0) is 19.0. The fraction of sp³-hybridized carbons (Fsp3) is 0.217. The minimum Gasteiger partial charge on any atom is -0.507 e. The molecule has 0 spiro atoms. The summed E-state index contributed by atoms with van der Waals surface area (Å²) in [5.74, 6) is 0.199. The monoisotopic (exact) mass is 350 g/mol. The summed E-state index contributed by atoms with van der Waals surface area (Å²) in [6, 6.07) is 14.4. The van der Waals surface area contributed by atoms with Crippen molar-refractivity contribution in [3.63, 3.8) is 0 Å². The standard InChI is InChI=1S/C23H23FO2/c1-13-9-18(10-14(2)22(13)25)21(17-5-7-20(24)8-6-17)19-11-15(3)23(26)16(4)12-19/h5-12,21,25-26H,1-4H3. The molecule has 134 valence electrons. The maximum absolute atomic E-state index is 13.5. The highest BCUT2D eigenvalue weighted by Crippen LogP contribution is 2.38. The molecule has 3 aromatic carbocycles. The van der Waals surface area contributed by atoms with Gasteiger partial charge in [-0.2, -0.15) is 0 Å². The topological polar surface area (TPSA) is 40.5 Å². The molecule has 2 nitrogen and oxygen atoms in total. The van der Waals surface area contributed by atoms with E-state index in [1.807, 2.05) is 52.0 Å². The molecule has 0 heterocycles. The highest BCUT2D eigenvalue weighted by Gasteiger charge is 2.20. The summed E-state index contributed by atoms with van der Waals surface area (Å²) >= 11 is 0. The zero-order valence-electron chi connectivity index (χ0n) is 15.5. The van der Waals surface area contributed by atoms with Crippen molar-refractivity contribution in [2.24, 2.45) is 0 Å². The molecule has 26 heavy (non-hydrogen) atoms. The van der Waals surface area contributed by atoms with Crippen LogP contribution < -0.4 is 0 Å². The molecule has 0 aromatic heterocycles. The Morgan fingerprint density at radius 1 is 0.615 bits per heavy atom. The SMILES string of the molecule is Cc1cc(C(c2ccc(F)cc2)c2cc(C)c(O)c(C)c2)cc(C)c1O. The molecular weight excluding hydrogens is 327 g/mol. The number of halogens is 1. The smallest absolute Gasteiger partial charge is 0.123 e. The second-order valence-electron chi connectivity index (χ2n) is 6.99. The lowest BCUT2D eigenvalue weighted by Crippen LogP contribution is -2.06. The lowest BCUT2D eigenvalue weighted by Gasteiger charge is -2.22. The summed E-state index contributed by atoms with van der Waals surface area (Å²) in [6.45, 7) is 7.50. The van der Waals surface area contributed by atoms with Crippen LogP contribution in [-0.2, 0) is 0 Å². The number of aryl methyl sites for hydroxylation is 4. The summed E-state index contributed by atoms with van der Waals surface area (Å²) in [7, 11) is 0. The normalized spacial score (nSPS) is 11.2. The Morgan fingerprint density at radius 2 is 0.962 bits per heavy atom. The number of benzene rings is 3.